The zero-order valence-electron chi connectivity index (χ0n) is 13.2. The summed E-state index contributed by atoms with van der Waals surface area (Å²) >= 11 is 3.57. The highest BCUT2D eigenvalue weighted by molar-refractivity contribution is 9.10. The van der Waals surface area contributed by atoms with Crippen molar-refractivity contribution < 1.29 is 4.79 Å². The van der Waals surface area contributed by atoms with Crippen molar-refractivity contribution in [2.75, 3.05) is 0 Å². The molecule has 3 nitrogen and oxygen atoms in total. The maximum absolute atomic E-state index is 13.0. The molecule has 1 aromatic heterocycles. The third-order valence-electron chi connectivity index (χ3n) is 5.08. The average molecular weight is 381 g/mol. The number of hydrogen-bond acceptors (Lipinski definition) is 2. The van der Waals surface area contributed by atoms with Crippen LogP contribution < -0.4 is 0 Å². The summed E-state index contributed by atoms with van der Waals surface area (Å²) in [7, 11) is 0. The van der Waals surface area contributed by atoms with Crippen LogP contribution in [0.25, 0.3) is 0 Å². The summed E-state index contributed by atoms with van der Waals surface area (Å²) in [4.78, 5) is 19.5. The molecule has 2 aliphatic rings. The highest BCUT2D eigenvalue weighted by Gasteiger charge is 2.44. The van der Waals surface area contributed by atoms with Gasteiger partial charge in [-0.1, -0.05) is 18.2 Å². The van der Waals surface area contributed by atoms with Crippen molar-refractivity contribution in [3.63, 3.8) is 0 Å². The van der Waals surface area contributed by atoms with Gasteiger partial charge in [-0.25, -0.2) is 0 Å². The van der Waals surface area contributed by atoms with Crippen molar-refractivity contribution in [3.8, 4) is 12.3 Å². The van der Waals surface area contributed by atoms with E-state index in [4.69, 9.17) is 6.42 Å². The number of carbonyl (C=O) groups excluding carboxylic acids is 1. The van der Waals surface area contributed by atoms with Gasteiger partial charge in [0.15, 0.2) is 0 Å². The number of nitrogens with zero attached hydrogens (tertiary/aromatic N) is 2. The van der Waals surface area contributed by atoms with Gasteiger partial charge in [0.25, 0.3) is 5.91 Å². The predicted molar refractivity (Wildman–Crippen MR) is 96.3 cm³/mol. The zero-order chi connectivity index (χ0) is 16.7. The van der Waals surface area contributed by atoms with E-state index < -0.39 is 0 Å². The molecule has 1 aliphatic heterocycles. The average Bonchev–Trinajstić information content (AvgIpc) is 2.82. The minimum absolute atomic E-state index is 0.0311. The predicted octanol–water partition coefficient (Wildman–Crippen LogP) is 4.00. The molecule has 0 bridgehead atoms. The number of halogens is 1. The Balaban J connectivity index is 1.69. The van der Waals surface area contributed by atoms with E-state index >= 15 is 0 Å². The number of terminal acetylenes is 1. The summed E-state index contributed by atoms with van der Waals surface area (Å²) in [6.45, 7) is 0. The Morgan fingerprint density at radius 3 is 2.79 bits per heavy atom. The van der Waals surface area contributed by atoms with Crippen molar-refractivity contribution in [2.24, 2.45) is 5.92 Å². The molecule has 1 atom stereocenters. The summed E-state index contributed by atoms with van der Waals surface area (Å²) in [6.07, 6.45) is 9.83. The fraction of sp³-hybridized carbons (Fsp3) is 0.300. The first-order valence-electron chi connectivity index (χ1n) is 8.16. The van der Waals surface area contributed by atoms with Gasteiger partial charge in [0.2, 0.25) is 0 Å². The molecular formula is C20H17BrN2O. The minimum atomic E-state index is 0.0311. The highest BCUT2D eigenvalue weighted by atomic mass is 79.9. The van der Waals surface area contributed by atoms with Crippen LogP contribution in [0.5, 0.6) is 0 Å². The first kappa shape index (κ1) is 15.4. The van der Waals surface area contributed by atoms with E-state index in [9.17, 15) is 4.79 Å². The van der Waals surface area contributed by atoms with Crippen molar-refractivity contribution >= 4 is 21.8 Å². The Labute approximate surface area is 150 Å². The van der Waals surface area contributed by atoms with E-state index in [1.807, 2.05) is 35.2 Å². The Morgan fingerprint density at radius 1 is 1.25 bits per heavy atom. The molecule has 2 heterocycles. The van der Waals surface area contributed by atoms with Crippen LogP contribution in [0.3, 0.4) is 0 Å². The lowest BCUT2D eigenvalue weighted by atomic mass is 9.79. The molecule has 4 heteroatoms. The summed E-state index contributed by atoms with van der Waals surface area (Å²) in [5, 5.41) is 0. The maximum Gasteiger partial charge on any atom is 0.254 e. The van der Waals surface area contributed by atoms with Crippen LogP contribution >= 0.6 is 15.9 Å². The molecule has 0 saturated heterocycles. The molecule has 1 fully saturated rings. The summed E-state index contributed by atoms with van der Waals surface area (Å²) in [5.74, 6) is 3.23. The molecule has 1 saturated carbocycles. The van der Waals surface area contributed by atoms with Gasteiger partial charge in [-0.3, -0.25) is 9.78 Å². The van der Waals surface area contributed by atoms with E-state index in [1.165, 1.54) is 0 Å². The molecule has 1 aliphatic carbocycles. The summed E-state index contributed by atoms with van der Waals surface area (Å²) in [6, 6.07) is 12.1. The number of benzene rings is 1. The van der Waals surface area contributed by atoms with Crippen LogP contribution in [-0.2, 0) is 6.42 Å². The van der Waals surface area contributed by atoms with Crippen LogP contribution in [0.2, 0.25) is 0 Å². The van der Waals surface area contributed by atoms with Gasteiger partial charge in [-0.05, 0) is 52.5 Å². The zero-order valence-corrected chi connectivity index (χ0v) is 14.7. The fourth-order valence-electron chi connectivity index (χ4n) is 3.74. The van der Waals surface area contributed by atoms with E-state index in [0.29, 0.717) is 12.3 Å². The number of pyridine rings is 1. The second-order valence-corrected chi connectivity index (χ2v) is 7.29. The van der Waals surface area contributed by atoms with Gasteiger partial charge in [-0.15, -0.1) is 12.3 Å². The summed E-state index contributed by atoms with van der Waals surface area (Å²) < 4.78 is 0.983. The smallest absolute Gasteiger partial charge is 0.254 e. The van der Waals surface area contributed by atoms with E-state index in [0.717, 1.165) is 34.1 Å². The molecule has 1 amide bonds. The molecule has 0 spiro atoms. The Kier molecular flexibility index (Phi) is 3.90. The van der Waals surface area contributed by atoms with Crippen LogP contribution in [0, 0.1) is 18.3 Å². The third kappa shape index (κ3) is 2.44. The van der Waals surface area contributed by atoms with E-state index in [-0.39, 0.29) is 18.0 Å². The number of aromatic nitrogens is 1. The third-order valence-corrected chi connectivity index (χ3v) is 5.81. The number of hydrogen-bond donors (Lipinski definition) is 0. The lowest BCUT2D eigenvalue weighted by Gasteiger charge is -2.42. The number of carbonyl (C=O) groups is 1. The van der Waals surface area contributed by atoms with Crippen LogP contribution in [0.1, 0.15) is 40.5 Å². The van der Waals surface area contributed by atoms with Gasteiger partial charge in [0.05, 0.1) is 11.7 Å². The molecule has 120 valence electrons. The van der Waals surface area contributed by atoms with Crippen LogP contribution in [0.15, 0.2) is 47.1 Å². The van der Waals surface area contributed by atoms with Crippen molar-refractivity contribution in [1.29, 1.82) is 0 Å². The van der Waals surface area contributed by atoms with Gasteiger partial charge in [-0.2, -0.15) is 0 Å². The Morgan fingerprint density at radius 2 is 2.04 bits per heavy atom. The fourth-order valence-corrected chi connectivity index (χ4v) is 4.16. The Bertz CT molecular complexity index is 836. The lowest BCUT2D eigenvalue weighted by Crippen LogP contribution is -2.46. The van der Waals surface area contributed by atoms with Gasteiger partial charge >= 0.3 is 0 Å². The number of fused-ring (bicyclic) bond motifs is 1. The van der Waals surface area contributed by atoms with Crippen LogP contribution in [0.4, 0.5) is 0 Å². The van der Waals surface area contributed by atoms with E-state index in [1.54, 1.807) is 6.20 Å². The molecule has 2 aromatic rings. The molecular weight excluding hydrogens is 364 g/mol. The quantitative estimate of drug-likeness (QED) is 0.754. The first-order chi connectivity index (χ1) is 11.7. The normalized spacial score (nSPS) is 25.1. The molecule has 1 unspecified atom stereocenters. The first-order valence-corrected chi connectivity index (χ1v) is 8.95. The molecule has 24 heavy (non-hydrogen) atoms. The van der Waals surface area contributed by atoms with Crippen molar-refractivity contribution in [3.05, 3.63) is 63.9 Å². The second kappa shape index (κ2) is 6.07. The van der Waals surface area contributed by atoms with Crippen molar-refractivity contribution in [1.82, 2.24) is 9.88 Å². The van der Waals surface area contributed by atoms with Crippen LogP contribution in [-0.4, -0.2) is 21.8 Å². The largest absolute Gasteiger partial charge is 0.328 e. The number of rotatable bonds is 3. The van der Waals surface area contributed by atoms with Crippen molar-refractivity contribution in [2.45, 2.75) is 31.3 Å². The minimum Gasteiger partial charge on any atom is -0.328 e. The van der Waals surface area contributed by atoms with Gasteiger partial charge < -0.3 is 4.90 Å². The highest BCUT2D eigenvalue weighted by Crippen LogP contribution is 2.43. The Hall–Kier alpha value is -2.12. The maximum atomic E-state index is 13.0. The molecule has 0 radical (unpaired) electrons. The lowest BCUT2D eigenvalue weighted by molar-refractivity contribution is 0.0432. The summed E-state index contributed by atoms with van der Waals surface area (Å²) in [5.41, 5.74) is 2.90. The van der Waals surface area contributed by atoms with Gasteiger partial charge in [0.1, 0.15) is 0 Å². The molecule has 4 rings (SSSR count). The monoisotopic (exact) mass is 380 g/mol. The topological polar surface area (TPSA) is 33.2 Å². The standard InChI is InChI=1S/C20H17BrN2O/c1-2-13-10-14(11-13)23-19(12-18-17(21)8-5-9-22-18)15-6-3-4-7-16(15)20(23)24/h1,3-9,13-14,19H,10-12H2. The SMILES string of the molecule is C#CC1CC(N2C(=O)c3ccccc3C2Cc2ncccc2Br)C1. The second-order valence-electron chi connectivity index (χ2n) is 6.44. The van der Waals surface area contributed by atoms with Gasteiger partial charge in [0, 0.05) is 34.6 Å². The molecule has 1 aromatic carbocycles. The number of amides is 1. The van der Waals surface area contributed by atoms with E-state index in [2.05, 4.69) is 32.9 Å². The molecule has 0 N–H and O–H groups in total.